The maximum absolute atomic E-state index is 13.1. The Morgan fingerprint density at radius 1 is 1.19 bits per heavy atom. The van der Waals surface area contributed by atoms with Crippen LogP contribution in [-0.4, -0.2) is 29.7 Å². The van der Waals surface area contributed by atoms with E-state index < -0.39 is 0 Å². The van der Waals surface area contributed by atoms with Crippen molar-refractivity contribution in [2.45, 2.75) is 25.3 Å². The molecule has 0 unspecified atom stereocenters. The van der Waals surface area contributed by atoms with Crippen LogP contribution in [0.15, 0.2) is 42.9 Å². The molecule has 1 aliphatic carbocycles. The van der Waals surface area contributed by atoms with Gasteiger partial charge in [-0.05, 0) is 30.5 Å². The lowest BCUT2D eigenvalue weighted by Crippen LogP contribution is -2.02. The summed E-state index contributed by atoms with van der Waals surface area (Å²) in [5, 5.41) is 10.4. The van der Waals surface area contributed by atoms with Gasteiger partial charge in [0, 0.05) is 17.7 Å². The Bertz CT molecular complexity index is 1060. The smallest absolute Gasteiger partial charge is 0.230 e. The highest BCUT2D eigenvalue weighted by atomic mass is 19.1. The first-order valence-corrected chi connectivity index (χ1v) is 8.49. The lowest BCUT2D eigenvalue weighted by atomic mass is 10.2. The molecule has 0 atom stereocenters. The second kappa shape index (κ2) is 5.91. The average molecular weight is 349 g/mol. The quantitative estimate of drug-likeness (QED) is 0.577. The number of aromatic amines is 1. The molecule has 0 amide bonds. The van der Waals surface area contributed by atoms with E-state index in [0.29, 0.717) is 35.4 Å². The highest BCUT2D eigenvalue weighted by Gasteiger charge is 2.25. The van der Waals surface area contributed by atoms with E-state index in [1.807, 2.05) is 10.6 Å². The van der Waals surface area contributed by atoms with Crippen LogP contribution in [0.4, 0.5) is 16.2 Å². The fourth-order valence-corrected chi connectivity index (χ4v) is 2.94. The summed E-state index contributed by atoms with van der Waals surface area (Å²) in [6, 6.07) is 8.41. The third-order valence-electron chi connectivity index (χ3n) is 4.48. The first kappa shape index (κ1) is 15.0. The van der Waals surface area contributed by atoms with Gasteiger partial charge in [0.25, 0.3) is 0 Å². The minimum absolute atomic E-state index is 0.248. The van der Waals surface area contributed by atoms with E-state index in [1.54, 1.807) is 24.7 Å². The molecule has 0 radical (unpaired) electrons. The molecule has 0 spiro atoms. The van der Waals surface area contributed by atoms with Crippen molar-refractivity contribution in [2.24, 2.45) is 0 Å². The highest BCUT2D eigenvalue weighted by Crippen LogP contribution is 2.39. The summed E-state index contributed by atoms with van der Waals surface area (Å²) >= 11 is 0. The summed E-state index contributed by atoms with van der Waals surface area (Å²) < 4.78 is 15.0. The van der Waals surface area contributed by atoms with Gasteiger partial charge in [0.2, 0.25) is 5.95 Å². The Balaban J connectivity index is 1.41. The zero-order chi connectivity index (χ0) is 17.5. The molecule has 7 nitrogen and oxygen atoms in total. The van der Waals surface area contributed by atoms with Crippen LogP contribution < -0.4 is 5.32 Å². The topological polar surface area (TPSA) is 84.3 Å². The van der Waals surface area contributed by atoms with Gasteiger partial charge in [0.15, 0.2) is 11.5 Å². The molecule has 1 fully saturated rings. The van der Waals surface area contributed by atoms with E-state index in [9.17, 15) is 4.39 Å². The van der Waals surface area contributed by atoms with Crippen LogP contribution in [0, 0.1) is 5.82 Å². The molecule has 1 aliphatic rings. The molecule has 0 bridgehead atoms. The number of fused-ring (bicyclic) bond motifs is 1. The minimum Gasteiger partial charge on any atom is -0.311 e. The molecule has 1 aromatic carbocycles. The number of nitrogens with one attached hydrogen (secondary N) is 2. The summed E-state index contributed by atoms with van der Waals surface area (Å²) in [7, 11) is 0. The largest absolute Gasteiger partial charge is 0.311 e. The Hall–Kier alpha value is -3.29. The zero-order valence-corrected chi connectivity index (χ0v) is 13.9. The maximum atomic E-state index is 13.1. The number of hydrogen-bond acceptors (Lipinski definition) is 5. The van der Waals surface area contributed by atoms with E-state index in [1.165, 1.54) is 25.0 Å². The van der Waals surface area contributed by atoms with Crippen molar-refractivity contribution in [1.29, 1.82) is 0 Å². The van der Waals surface area contributed by atoms with Crippen LogP contribution >= 0.6 is 0 Å². The summed E-state index contributed by atoms with van der Waals surface area (Å²) in [5.41, 5.74) is 3.54. The number of rotatable bonds is 5. The predicted molar refractivity (Wildman–Crippen MR) is 94.7 cm³/mol. The Morgan fingerprint density at radius 3 is 2.85 bits per heavy atom. The zero-order valence-electron chi connectivity index (χ0n) is 13.9. The van der Waals surface area contributed by atoms with Crippen LogP contribution in [0.5, 0.6) is 0 Å². The van der Waals surface area contributed by atoms with E-state index >= 15 is 0 Å². The van der Waals surface area contributed by atoms with Crippen molar-refractivity contribution < 1.29 is 4.39 Å². The number of imidazole rings is 1. The number of hydrogen-bond donors (Lipinski definition) is 2. The molecule has 26 heavy (non-hydrogen) atoms. The van der Waals surface area contributed by atoms with Crippen molar-refractivity contribution in [1.82, 2.24) is 29.7 Å². The number of anilines is 2. The SMILES string of the molecule is Fc1ccc(Cn2cnc3cnc(Nc4cc(C5CC5)[nH]n4)nc32)cc1. The Labute approximate surface area is 148 Å². The predicted octanol–water partition coefficient (Wildman–Crippen LogP) is 3.36. The van der Waals surface area contributed by atoms with Gasteiger partial charge in [-0.25, -0.2) is 14.4 Å². The summed E-state index contributed by atoms with van der Waals surface area (Å²) in [5.74, 6) is 1.53. The molecule has 5 rings (SSSR count). The van der Waals surface area contributed by atoms with Gasteiger partial charge in [-0.1, -0.05) is 12.1 Å². The van der Waals surface area contributed by atoms with Gasteiger partial charge >= 0.3 is 0 Å². The second-order valence-electron chi connectivity index (χ2n) is 6.51. The van der Waals surface area contributed by atoms with Crippen molar-refractivity contribution in [3.63, 3.8) is 0 Å². The first-order valence-electron chi connectivity index (χ1n) is 8.49. The molecular formula is C18H16FN7. The van der Waals surface area contributed by atoms with Gasteiger partial charge in [-0.15, -0.1) is 0 Å². The average Bonchev–Trinajstić information content (AvgIpc) is 3.28. The number of benzene rings is 1. The number of halogens is 1. The number of H-pyrrole nitrogens is 1. The Morgan fingerprint density at radius 2 is 2.04 bits per heavy atom. The van der Waals surface area contributed by atoms with Gasteiger partial charge in [-0.3, -0.25) is 5.10 Å². The summed E-state index contributed by atoms with van der Waals surface area (Å²) in [6.45, 7) is 0.557. The fourth-order valence-electron chi connectivity index (χ4n) is 2.94. The molecule has 0 saturated heterocycles. The third kappa shape index (κ3) is 2.90. The van der Waals surface area contributed by atoms with Crippen LogP contribution in [0.2, 0.25) is 0 Å². The molecule has 0 aliphatic heterocycles. The van der Waals surface area contributed by atoms with Crippen molar-refractivity contribution in [3.8, 4) is 0 Å². The van der Waals surface area contributed by atoms with Crippen molar-refractivity contribution in [3.05, 3.63) is 59.9 Å². The van der Waals surface area contributed by atoms with E-state index in [-0.39, 0.29) is 5.82 Å². The van der Waals surface area contributed by atoms with Crippen LogP contribution in [0.25, 0.3) is 11.2 Å². The lowest BCUT2D eigenvalue weighted by molar-refractivity contribution is 0.626. The van der Waals surface area contributed by atoms with Gasteiger partial charge < -0.3 is 9.88 Å². The molecule has 3 aromatic heterocycles. The summed E-state index contributed by atoms with van der Waals surface area (Å²) in [4.78, 5) is 13.2. The fraction of sp³-hybridized carbons (Fsp3) is 0.222. The van der Waals surface area contributed by atoms with Crippen LogP contribution in [-0.2, 0) is 6.54 Å². The molecule has 130 valence electrons. The van der Waals surface area contributed by atoms with Crippen molar-refractivity contribution in [2.75, 3.05) is 5.32 Å². The van der Waals surface area contributed by atoms with E-state index in [2.05, 4.69) is 30.5 Å². The third-order valence-corrected chi connectivity index (χ3v) is 4.48. The number of nitrogens with zero attached hydrogens (tertiary/aromatic N) is 5. The first-order chi connectivity index (χ1) is 12.7. The van der Waals surface area contributed by atoms with Crippen LogP contribution in [0.3, 0.4) is 0 Å². The molecule has 8 heteroatoms. The molecular weight excluding hydrogens is 333 g/mol. The lowest BCUT2D eigenvalue weighted by Gasteiger charge is -2.05. The van der Waals surface area contributed by atoms with Crippen molar-refractivity contribution >= 4 is 22.9 Å². The molecule has 3 heterocycles. The highest BCUT2D eigenvalue weighted by molar-refractivity contribution is 5.71. The monoisotopic (exact) mass is 349 g/mol. The molecule has 2 N–H and O–H groups in total. The molecule has 4 aromatic rings. The van der Waals surface area contributed by atoms with E-state index in [0.717, 1.165) is 11.3 Å². The van der Waals surface area contributed by atoms with Gasteiger partial charge in [-0.2, -0.15) is 10.1 Å². The van der Waals surface area contributed by atoms with E-state index in [4.69, 9.17) is 0 Å². The number of aromatic nitrogens is 6. The normalized spacial score (nSPS) is 14.0. The van der Waals surface area contributed by atoms with Crippen LogP contribution in [0.1, 0.15) is 30.0 Å². The molecule has 1 saturated carbocycles. The second-order valence-corrected chi connectivity index (χ2v) is 6.51. The summed E-state index contributed by atoms with van der Waals surface area (Å²) in [6.07, 6.45) is 5.83. The maximum Gasteiger partial charge on any atom is 0.230 e. The van der Waals surface area contributed by atoms with Gasteiger partial charge in [0.1, 0.15) is 11.3 Å². The Kier molecular flexibility index (Phi) is 3.41. The minimum atomic E-state index is -0.248. The standard InChI is InChI=1S/C18H16FN7/c19-13-5-1-11(2-6-13)9-26-10-21-15-8-20-18(23-17(15)26)22-16-7-14(24-25-16)12-3-4-12/h1-2,5-8,10,12H,3-4,9H2,(H2,20,22,23,24,25). The van der Waals surface area contributed by atoms with Gasteiger partial charge in [0.05, 0.1) is 19.1 Å².